The first kappa shape index (κ1) is 17.5. The Bertz CT molecular complexity index is 1070. The fraction of sp³-hybridized carbons (Fsp3) is 0.211. The fourth-order valence-corrected chi connectivity index (χ4v) is 2.71. The topological polar surface area (TPSA) is 106 Å². The molecule has 0 saturated carbocycles. The number of hydrogen-bond donors (Lipinski definition) is 2. The Morgan fingerprint density at radius 2 is 1.85 bits per heavy atom. The molecule has 0 aliphatic rings. The van der Waals surface area contributed by atoms with E-state index in [0.29, 0.717) is 22.3 Å². The monoisotopic (exact) mass is 355 g/mol. The minimum atomic E-state index is -1.13. The molecule has 0 bridgehead atoms. The van der Waals surface area contributed by atoms with Gasteiger partial charge in [0, 0.05) is 10.9 Å². The minimum absolute atomic E-state index is 0.345. The second-order valence-corrected chi connectivity index (χ2v) is 5.92. The summed E-state index contributed by atoms with van der Waals surface area (Å²) >= 11 is 0. The van der Waals surface area contributed by atoms with Crippen LogP contribution in [0.25, 0.3) is 21.7 Å². The second kappa shape index (κ2) is 6.87. The molecule has 1 amide bonds. The van der Waals surface area contributed by atoms with Gasteiger partial charge in [-0.2, -0.15) is 0 Å². The number of hydrogen-bond acceptors (Lipinski definition) is 5. The standard InChI is InChI=1S/C19H17NO6/c1-10-15(25-9-16(21)20-11(2)18(22)23)8-7-13-12-5-3-4-6-14(12)19(24)26-17(10)13/h3-8,11H,9H2,1-2H3,(H,20,21)(H,22,23). The maximum Gasteiger partial charge on any atom is 0.344 e. The number of ether oxygens (including phenoxy) is 1. The molecule has 0 aliphatic carbocycles. The third-order valence-corrected chi connectivity index (χ3v) is 4.09. The Labute approximate surface area is 148 Å². The van der Waals surface area contributed by atoms with Crippen LogP contribution in [0.3, 0.4) is 0 Å². The highest BCUT2D eigenvalue weighted by Gasteiger charge is 2.16. The van der Waals surface area contributed by atoms with Gasteiger partial charge in [-0.25, -0.2) is 4.79 Å². The summed E-state index contributed by atoms with van der Waals surface area (Å²) in [5.41, 5.74) is 0.538. The van der Waals surface area contributed by atoms with Crippen molar-refractivity contribution >= 4 is 33.6 Å². The van der Waals surface area contributed by atoms with Gasteiger partial charge in [0.15, 0.2) is 6.61 Å². The van der Waals surface area contributed by atoms with E-state index < -0.39 is 23.5 Å². The molecule has 1 unspecified atom stereocenters. The lowest BCUT2D eigenvalue weighted by Crippen LogP contribution is -2.40. The van der Waals surface area contributed by atoms with Gasteiger partial charge in [0.05, 0.1) is 5.39 Å². The molecular formula is C19H17NO6. The van der Waals surface area contributed by atoms with Crippen LogP contribution in [0.15, 0.2) is 45.6 Å². The first-order valence-electron chi connectivity index (χ1n) is 7.98. The number of carboxylic acid groups (broad SMARTS) is 1. The molecule has 1 atom stereocenters. The van der Waals surface area contributed by atoms with Gasteiger partial charge < -0.3 is 19.6 Å². The molecule has 3 rings (SSSR count). The highest BCUT2D eigenvalue weighted by atomic mass is 16.5. The largest absolute Gasteiger partial charge is 0.483 e. The van der Waals surface area contributed by atoms with Crippen molar-refractivity contribution in [3.63, 3.8) is 0 Å². The molecule has 7 heteroatoms. The molecule has 134 valence electrons. The van der Waals surface area contributed by atoms with E-state index in [1.54, 1.807) is 31.2 Å². The Balaban J connectivity index is 1.90. The van der Waals surface area contributed by atoms with E-state index in [2.05, 4.69) is 5.32 Å². The quantitative estimate of drug-likeness (QED) is 0.537. The highest BCUT2D eigenvalue weighted by Crippen LogP contribution is 2.30. The van der Waals surface area contributed by atoms with Crippen LogP contribution in [0, 0.1) is 6.92 Å². The predicted octanol–water partition coefficient (Wildman–Crippen LogP) is 2.22. The van der Waals surface area contributed by atoms with Crippen molar-refractivity contribution in [2.45, 2.75) is 19.9 Å². The number of amides is 1. The summed E-state index contributed by atoms with van der Waals surface area (Å²) in [6, 6.07) is 9.61. The number of fused-ring (bicyclic) bond motifs is 3. The third-order valence-electron chi connectivity index (χ3n) is 4.09. The molecule has 0 spiro atoms. The van der Waals surface area contributed by atoms with Crippen LogP contribution in [-0.4, -0.2) is 29.6 Å². The summed E-state index contributed by atoms with van der Waals surface area (Å²) in [6.07, 6.45) is 0. The molecule has 1 heterocycles. The van der Waals surface area contributed by atoms with Crippen LogP contribution in [0.2, 0.25) is 0 Å². The van der Waals surface area contributed by atoms with Crippen molar-refractivity contribution in [2.75, 3.05) is 6.61 Å². The molecular weight excluding hydrogens is 338 g/mol. The van der Waals surface area contributed by atoms with Gasteiger partial charge in [-0.15, -0.1) is 0 Å². The number of nitrogens with one attached hydrogen (secondary N) is 1. The van der Waals surface area contributed by atoms with Crippen molar-refractivity contribution in [3.8, 4) is 5.75 Å². The van der Waals surface area contributed by atoms with Crippen LogP contribution < -0.4 is 15.7 Å². The number of carbonyl (C=O) groups excluding carboxylic acids is 1. The molecule has 2 aromatic carbocycles. The van der Waals surface area contributed by atoms with Gasteiger partial charge in [0.1, 0.15) is 17.4 Å². The molecule has 0 saturated heterocycles. The minimum Gasteiger partial charge on any atom is -0.483 e. The molecule has 7 nitrogen and oxygen atoms in total. The Morgan fingerprint density at radius 1 is 1.15 bits per heavy atom. The maximum absolute atomic E-state index is 12.2. The summed E-state index contributed by atoms with van der Waals surface area (Å²) in [6.45, 7) is 2.75. The summed E-state index contributed by atoms with van der Waals surface area (Å²) in [7, 11) is 0. The molecule has 0 radical (unpaired) electrons. The Kier molecular flexibility index (Phi) is 4.62. The average molecular weight is 355 g/mol. The number of carbonyl (C=O) groups is 2. The van der Waals surface area contributed by atoms with Gasteiger partial charge in [0.25, 0.3) is 5.91 Å². The van der Waals surface area contributed by atoms with Crippen LogP contribution in [0.5, 0.6) is 5.75 Å². The molecule has 0 fully saturated rings. The van der Waals surface area contributed by atoms with Crippen LogP contribution >= 0.6 is 0 Å². The summed E-state index contributed by atoms with van der Waals surface area (Å²) in [5.74, 6) is -1.30. The number of rotatable bonds is 5. The molecule has 0 aliphatic heterocycles. The van der Waals surface area contributed by atoms with Crippen molar-refractivity contribution in [2.24, 2.45) is 0 Å². The van der Waals surface area contributed by atoms with Gasteiger partial charge in [-0.3, -0.25) is 9.59 Å². The molecule has 26 heavy (non-hydrogen) atoms. The fourth-order valence-electron chi connectivity index (χ4n) is 2.71. The summed E-state index contributed by atoms with van der Waals surface area (Å²) in [5, 5.41) is 13.1. The van der Waals surface area contributed by atoms with E-state index >= 15 is 0 Å². The number of carboxylic acids is 1. The molecule has 2 N–H and O–H groups in total. The van der Waals surface area contributed by atoms with Gasteiger partial charge in [-0.05, 0) is 37.4 Å². The van der Waals surface area contributed by atoms with E-state index in [4.69, 9.17) is 14.3 Å². The number of benzene rings is 2. The van der Waals surface area contributed by atoms with E-state index in [-0.39, 0.29) is 6.61 Å². The second-order valence-electron chi connectivity index (χ2n) is 5.92. The van der Waals surface area contributed by atoms with E-state index in [9.17, 15) is 14.4 Å². The average Bonchev–Trinajstić information content (AvgIpc) is 2.62. The van der Waals surface area contributed by atoms with E-state index in [1.165, 1.54) is 6.92 Å². The normalized spacial score (nSPS) is 12.1. The number of aryl methyl sites for hydroxylation is 1. The maximum atomic E-state index is 12.2. The zero-order chi connectivity index (χ0) is 18.8. The lowest BCUT2D eigenvalue weighted by Gasteiger charge is -2.13. The highest BCUT2D eigenvalue weighted by molar-refractivity contribution is 6.05. The zero-order valence-electron chi connectivity index (χ0n) is 14.2. The van der Waals surface area contributed by atoms with Crippen molar-refractivity contribution in [1.29, 1.82) is 0 Å². The summed E-state index contributed by atoms with van der Waals surface area (Å²) in [4.78, 5) is 34.7. The first-order valence-corrected chi connectivity index (χ1v) is 7.98. The summed E-state index contributed by atoms with van der Waals surface area (Å²) < 4.78 is 10.9. The van der Waals surface area contributed by atoms with Crippen LogP contribution in [-0.2, 0) is 9.59 Å². The predicted molar refractivity (Wildman–Crippen MR) is 95.5 cm³/mol. The SMILES string of the molecule is Cc1c(OCC(=O)NC(C)C(=O)O)ccc2c1oc(=O)c1ccccc12. The Hall–Kier alpha value is -3.35. The van der Waals surface area contributed by atoms with Crippen molar-refractivity contribution < 1.29 is 23.8 Å². The van der Waals surface area contributed by atoms with Gasteiger partial charge >= 0.3 is 11.6 Å². The molecule has 1 aromatic heterocycles. The van der Waals surface area contributed by atoms with Crippen LogP contribution in [0.4, 0.5) is 0 Å². The van der Waals surface area contributed by atoms with Crippen molar-refractivity contribution in [1.82, 2.24) is 5.32 Å². The molecule has 3 aromatic rings. The lowest BCUT2D eigenvalue weighted by molar-refractivity contribution is -0.141. The zero-order valence-corrected chi connectivity index (χ0v) is 14.2. The first-order chi connectivity index (χ1) is 12.4. The van der Waals surface area contributed by atoms with Gasteiger partial charge in [-0.1, -0.05) is 18.2 Å². The number of aliphatic carboxylic acids is 1. The lowest BCUT2D eigenvalue weighted by atomic mass is 10.0. The Morgan fingerprint density at radius 3 is 2.54 bits per heavy atom. The van der Waals surface area contributed by atoms with Crippen molar-refractivity contribution in [3.05, 3.63) is 52.4 Å². The van der Waals surface area contributed by atoms with Crippen LogP contribution in [0.1, 0.15) is 12.5 Å². The van der Waals surface area contributed by atoms with E-state index in [0.717, 1.165) is 10.8 Å². The van der Waals surface area contributed by atoms with E-state index in [1.807, 2.05) is 12.1 Å². The smallest absolute Gasteiger partial charge is 0.344 e. The third kappa shape index (κ3) is 3.23. The van der Waals surface area contributed by atoms with Gasteiger partial charge in [0.2, 0.25) is 0 Å².